The van der Waals surface area contributed by atoms with Gasteiger partial charge < -0.3 is 34.5 Å². The molecule has 2 aliphatic carbocycles. The lowest BCUT2D eigenvalue weighted by Crippen LogP contribution is -2.79. The van der Waals surface area contributed by atoms with Gasteiger partial charge in [-0.3, -0.25) is 4.90 Å². The fourth-order valence-corrected chi connectivity index (χ4v) is 8.39. The lowest BCUT2D eigenvalue weighted by molar-refractivity contribution is -0.165. The van der Waals surface area contributed by atoms with Crippen LogP contribution in [0.2, 0.25) is 0 Å². The van der Waals surface area contributed by atoms with E-state index in [2.05, 4.69) is 35.4 Å². The number of hydrogen-bond acceptors (Lipinski definition) is 12. The molecule has 0 saturated carbocycles. The van der Waals surface area contributed by atoms with Crippen LogP contribution in [-0.2, 0) is 27.7 Å². The van der Waals surface area contributed by atoms with Crippen molar-refractivity contribution in [3.63, 3.8) is 0 Å². The molecule has 0 unspecified atom stereocenters. The summed E-state index contributed by atoms with van der Waals surface area (Å²) in [5.41, 5.74) is 10.4. The summed E-state index contributed by atoms with van der Waals surface area (Å²) < 4.78 is 30.5. The number of nitriles is 1. The first-order valence-corrected chi connectivity index (χ1v) is 16.0. The highest BCUT2D eigenvalue weighted by Crippen LogP contribution is 2.54. The molecule has 236 valence electrons. The van der Waals surface area contributed by atoms with Crippen LogP contribution in [0.3, 0.4) is 0 Å². The number of benzene rings is 1. The van der Waals surface area contributed by atoms with Gasteiger partial charge in [-0.05, 0) is 69.7 Å². The van der Waals surface area contributed by atoms with E-state index in [0.29, 0.717) is 54.3 Å². The Morgan fingerprint density at radius 1 is 1.20 bits per heavy atom. The van der Waals surface area contributed by atoms with E-state index in [0.717, 1.165) is 67.5 Å². The number of nitrogen functional groups attached to an aromatic ring is 1. The van der Waals surface area contributed by atoms with Gasteiger partial charge in [-0.1, -0.05) is 11.2 Å². The smallest absolute Gasteiger partial charge is 0.221 e. The lowest BCUT2D eigenvalue weighted by Gasteiger charge is -2.54. The summed E-state index contributed by atoms with van der Waals surface area (Å²) in [6, 6.07) is 8.11. The van der Waals surface area contributed by atoms with Gasteiger partial charge in [0.15, 0.2) is 17.3 Å². The minimum Gasteiger partial charge on any atom is -0.473 e. The van der Waals surface area contributed by atoms with Crippen molar-refractivity contribution in [2.75, 3.05) is 46.2 Å². The largest absolute Gasteiger partial charge is 0.473 e. The summed E-state index contributed by atoms with van der Waals surface area (Å²) in [5, 5.41) is 18.2. The van der Waals surface area contributed by atoms with Crippen molar-refractivity contribution in [3.05, 3.63) is 46.2 Å². The van der Waals surface area contributed by atoms with E-state index in [4.69, 9.17) is 39.2 Å². The average Bonchev–Trinajstić information content (AvgIpc) is 3.71. The van der Waals surface area contributed by atoms with Crippen molar-refractivity contribution in [2.24, 2.45) is 0 Å². The number of likely N-dealkylation sites (N-methyl/N-ethyl adjacent to an activating group) is 1. The highest BCUT2D eigenvalue weighted by atomic mass is 16.5. The maximum absolute atomic E-state index is 10.1. The molecule has 12 heteroatoms. The molecular weight excluding hydrogens is 574 g/mol. The van der Waals surface area contributed by atoms with Gasteiger partial charge >= 0.3 is 0 Å². The van der Waals surface area contributed by atoms with E-state index in [1.807, 2.05) is 12.1 Å². The monoisotopic (exact) mass is 613 g/mol. The molecule has 2 aromatic heterocycles. The second-order valence-electron chi connectivity index (χ2n) is 13.3. The van der Waals surface area contributed by atoms with Crippen LogP contribution in [0.25, 0.3) is 11.5 Å². The number of aromatic nitrogens is 3. The van der Waals surface area contributed by atoms with Crippen LogP contribution in [0, 0.1) is 11.3 Å². The van der Waals surface area contributed by atoms with E-state index in [-0.39, 0.29) is 29.9 Å². The molecule has 5 heterocycles. The molecule has 45 heavy (non-hydrogen) atoms. The fourth-order valence-electron chi connectivity index (χ4n) is 8.39. The third-order valence-corrected chi connectivity index (χ3v) is 10.9. The highest BCUT2D eigenvalue weighted by molar-refractivity contribution is 5.68. The number of ether oxygens (including phenoxy) is 4. The Labute approximate surface area is 262 Å². The number of nitrogens with zero attached hydrogens (tertiary/aromatic N) is 5. The molecule has 8 rings (SSSR count). The molecule has 5 atom stereocenters. The van der Waals surface area contributed by atoms with Gasteiger partial charge in [0.05, 0.1) is 42.4 Å². The molecule has 0 amide bonds. The van der Waals surface area contributed by atoms with Crippen molar-refractivity contribution >= 4 is 5.69 Å². The maximum atomic E-state index is 10.1. The third-order valence-electron chi connectivity index (χ3n) is 10.9. The number of fused-ring (bicyclic) bond motifs is 4. The predicted octanol–water partition coefficient (Wildman–Crippen LogP) is 2.76. The van der Waals surface area contributed by atoms with Crippen LogP contribution < -0.4 is 20.5 Å². The van der Waals surface area contributed by atoms with E-state index < -0.39 is 5.41 Å². The van der Waals surface area contributed by atoms with Crippen LogP contribution >= 0.6 is 0 Å². The normalized spacial score (nSPS) is 28.6. The Balaban J connectivity index is 1.18. The molecule has 3 aromatic rings. The summed E-state index contributed by atoms with van der Waals surface area (Å²) in [4.78, 5) is 12.0. The van der Waals surface area contributed by atoms with Crippen LogP contribution in [0.5, 0.6) is 11.8 Å². The van der Waals surface area contributed by atoms with Crippen molar-refractivity contribution in [1.82, 2.24) is 25.3 Å². The van der Waals surface area contributed by atoms with E-state index in [1.165, 1.54) is 0 Å². The van der Waals surface area contributed by atoms with Gasteiger partial charge in [0.2, 0.25) is 11.8 Å². The van der Waals surface area contributed by atoms with Gasteiger partial charge in [-0.2, -0.15) is 15.2 Å². The van der Waals surface area contributed by atoms with Gasteiger partial charge in [0.25, 0.3) is 0 Å². The van der Waals surface area contributed by atoms with Crippen LogP contribution in [-0.4, -0.2) is 90.4 Å². The quantitative estimate of drug-likeness (QED) is 0.377. The standard InChI is InChI=1S/C33H39N7O5/c1-18(29-23(41-3)9-12-40(29)2)43-25-13-26(44-24-15-36-33(24)16-42-17-33)38-31(37-25)28-20-5-4-10-32(30(20)45-39-28)11-8-19-6-7-22(35)21(14-34)27(19)32/h6-7,13,18,23-24,29,36H,4-5,8-12,15-17,35H2,1-3H3/t18-,23-,24+,29+,32-/m0/s1. The molecule has 2 spiro atoms. The minimum atomic E-state index is -0.451. The van der Waals surface area contributed by atoms with Crippen LogP contribution in [0.4, 0.5) is 5.69 Å². The van der Waals surface area contributed by atoms with Crippen molar-refractivity contribution < 1.29 is 23.5 Å². The Morgan fingerprint density at radius 3 is 2.78 bits per heavy atom. The second kappa shape index (κ2) is 10.7. The van der Waals surface area contributed by atoms with Gasteiger partial charge in [0.1, 0.15) is 23.8 Å². The molecule has 3 N–H and O–H groups in total. The van der Waals surface area contributed by atoms with Crippen molar-refractivity contribution in [2.45, 2.75) is 80.8 Å². The van der Waals surface area contributed by atoms with E-state index in [1.54, 1.807) is 13.2 Å². The number of likely N-dealkylation sites (tertiary alicyclic amines) is 1. The molecule has 3 aliphatic heterocycles. The number of hydrogen-bond donors (Lipinski definition) is 2. The molecule has 12 nitrogen and oxygen atoms in total. The van der Waals surface area contributed by atoms with E-state index >= 15 is 0 Å². The zero-order valence-electron chi connectivity index (χ0n) is 26.0. The summed E-state index contributed by atoms with van der Waals surface area (Å²) in [6.45, 7) is 4.92. The Kier molecular flexibility index (Phi) is 6.80. The van der Waals surface area contributed by atoms with Crippen LogP contribution in [0.15, 0.2) is 22.7 Å². The Hall–Kier alpha value is -3.76. The SMILES string of the molecule is CO[C@H]1CCN(C)[C@@H]1[C@H](C)Oc1cc(O[C@@H]2CNC23COC3)nc(-c2noc3c2CCC[C@@]32CCc3ccc(N)c(C#N)c32)n1. The predicted molar refractivity (Wildman–Crippen MR) is 163 cm³/mol. The number of aryl methyl sites for hydroxylation is 1. The Bertz CT molecular complexity index is 1680. The first kappa shape index (κ1) is 28.7. The summed E-state index contributed by atoms with van der Waals surface area (Å²) in [6.07, 6.45) is 4.99. The van der Waals surface area contributed by atoms with Gasteiger partial charge in [-0.15, -0.1) is 0 Å². The topological polar surface area (TPSA) is 154 Å². The molecule has 3 saturated heterocycles. The molecule has 0 radical (unpaired) electrons. The van der Waals surface area contributed by atoms with Gasteiger partial charge in [-0.25, -0.2) is 0 Å². The molecule has 1 aromatic carbocycles. The van der Waals surface area contributed by atoms with Crippen molar-refractivity contribution in [3.8, 4) is 29.3 Å². The average molecular weight is 614 g/mol. The summed E-state index contributed by atoms with van der Waals surface area (Å²) >= 11 is 0. The second-order valence-corrected chi connectivity index (χ2v) is 13.3. The number of nitrogens with one attached hydrogen (secondary N) is 1. The number of methoxy groups -OCH3 is 1. The van der Waals surface area contributed by atoms with Gasteiger partial charge in [0, 0.05) is 31.5 Å². The van der Waals surface area contributed by atoms with Crippen molar-refractivity contribution in [1.29, 1.82) is 5.26 Å². The lowest BCUT2D eigenvalue weighted by atomic mass is 9.68. The minimum absolute atomic E-state index is 0.0712. The molecular formula is C33H39N7O5. The fraction of sp³-hybridized carbons (Fsp3) is 0.576. The first-order valence-electron chi connectivity index (χ1n) is 16.0. The first-order chi connectivity index (χ1) is 21.9. The highest BCUT2D eigenvalue weighted by Gasteiger charge is 2.54. The zero-order valence-corrected chi connectivity index (χ0v) is 26.0. The summed E-state index contributed by atoms with van der Waals surface area (Å²) in [7, 11) is 3.85. The number of nitrogens with two attached hydrogens (primary N) is 1. The summed E-state index contributed by atoms with van der Waals surface area (Å²) in [5.74, 6) is 2.03. The maximum Gasteiger partial charge on any atom is 0.221 e. The number of rotatable bonds is 7. The molecule has 3 fully saturated rings. The zero-order chi connectivity index (χ0) is 30.9. The number of anilines is 1. The molecule has 0 bridgehead atoms. The third kappa shape index (κ3) is 4.35. The van der Waals surface area contributed by atoms with E-state index in [9.17, 15) is 5.26 Å². The molecule has 5 aliphatic rings. The van der Waals surface area contributed by atoms with Crippen LogP contribution in [0.1, 0.15) is 60.6 Å². The Morgan fingerprint density at radius 2 is 2.04 bits per heavy atom.